The van der Waals surface area contributed by atoms with Crippen molar-refractivity contribution in [3.8, 4) is 16.9 Å². The van der Waals surface area contributed by atoms with Crippen LogP contribution in [0.25, 0.3) is 38.4 Å². The molecule has 5 aromatic rings. The van der Waals surface area contributed by atoms with Crippen molar-refractivity contribution in [2.45, 2.75) is 27.2 Å². The molecule has 1 heterocycles. The Labute approximate surface area is 211 Å². The Morgan fingerprint density at radius 3 is 2.53 bits per heavy atom. The number of methoxy groups -OCH3 is 1. The van der Waals surface area contributed by atoms with Crippen molar-refractivity contribution >= 4 is 38.9 Å². The molecule has 1 aromatic heterocycles. The molecule has 4 heteroatoms. The number of fused-ring (bicyclic) bond motifs is 2. The first kappa shape index (κ1) is 23.4. The molecule has 0 aliphatic heterocycles. The van der Waals surface area contributed by atoms with Crippen LogP contribution in [0.2, 0.25) is 0 Å². The zero-order valence-electron chi connectivity index (χ0n) is 21.0. The minimum absolute atomic E-state index is 0.171. The van der Waals surface area contributed by atoms with Crippen molar-refractivity contribution < 1.29 is 13.9 Å². The van der Waals surface area contributed by atoms with Gasteiger partial charge in [-0.05, 0) is 65.9 Å². The highest BCUT2D eigenvalue weighted by Gasteiger charge is 2.19. The number of carbonyl (C=O) groups excluding carboxylic acids is 1. The average Bonchev–Trinajstić information content (AvgIpc) is 3.33. The maximum Gasteiger partial charge on any atom is 0.248 e. The van der Waals surface area contributed by atoms with Crippen LogP contribution in [0.15, 0.2) is 89.6 Å². The Morgan fingerprint density at radius 1 is 1.00 bits per heavy atom. The third kappa shape index (κ3) is 4.27. The molecule has 0 saturated heterocycles. The van der Waals surface area contributed by atoms with Gasteiger partial charge in [0.15, 0.2) is 0 Å². The number of carbonyl (C=O) groups is 1. The highest BCUT2D eigenvalue weighted by molar-refractivity contribution is 6.06. The van der Waals surface area contributed by atoms with Gasteiger partial charge in [0.05, 0.1) is 13.4 Å². The lowest BCUT2D eigenvalue weighted by Gasteiger charge is -2.14. The fourth-order valence-corrected chi connectivity index (χ4v) is 4.85. The third-order valence-electron chi connectivity index (χ3n) is 6.74. The second-order valence-electron chi connectivity index (χ2n) is 9.00. The van der Waals surface area contributed by atoms with Crippen molar-refractivity contribution in [2.24, 2.45) is 0 Å². The summed E-state index contributed by atoms with van der Waals surface area (Å²) in [6.45, 7) is 6.00. The number of hydrogen-bond donors (Lipinski definition) is 1. The lowest BCUT2D eigenvalue weighted by Crippen LogP contribution is -2.10. The fourth-order valence-electron chi connectivity index (χ4n) is 4.85. The molecular formula is C32H29NO3. The summed E-state index contributed by atoms with van der Waals surface area (Å²) in [4.78, 5) is 12.9. The molecule has 0 aliphatic carbocycles. The molecular weight excluding hydrogens is 446 g/mol. The van der Waals surface area contributed by atoms with Crippen molar-refractivity contribution in [1.82, 2.24) is 0 Å². The Hall–Kier alpha value is -4.31. The minimum Gasteiger partial charge on any atom is -0.496 e. The van der Waals surface area contributed by atoms with Crippen LogP contribution in [0.3, 0.4) is 0 Å². The zero-order chi connectivity index (χ0) is 25.2. The zero-order valence-corrected chi connectivity index (χ0v) is 21.0. The molecule has 0 fully saturated rings. The Balaban J connectivity index is 1.57. The highest BCUT2D eigenvalue weighted by Crippen LogP contribution is 2.41. The smallest absolute Gasteiger partial charge is 0.248 e. The van der Waals surface area contributed by atoms with Crippen molar-refractivity contribution in [3.05, 3.63) is 102 Å². The van der Waals surface area contributed by atoms with E-state index in [2.05, 4.69) is 48.6 Å². The van der Waals surface area contributed by atoms with E-state index >= 15 is 0 Å². The molecule has 0 atom stereocenters. The first-order valence-electron chi connectivity index (χ1n) is 12.2. The number of para-hydroxylation sites is 1. The van der Waals surface area contributed by atoms with Gasteiger partial charge < -0.3 is 14.5 Å². The molecule has 4 nitrogen and oxygen atoms in total. The van der Waals surface area contributed by atoms with Crippen LogP contribution in [0, 0.1) is 6.92 Å². The minimum atomic E-state index is -0.171. The predicted molar refractivity (Wildman–Crippen MR) is 149 cm³/mol. The second-order valence-corrected chi connectivity index (χ2v) is 9.00. The molecule has 1 N–H and O–H groups in total. The molecule has 0 aliphatic rings. The number of anilines is 1. The second kappa shape index (κ2) is 9.74. The van der Waals surface area contributed by atoms with E-state index in [4.69, 9.17) is 9.15 Å². The van der Waals surface area contributed by atoms with E-state index in [1.165, 1.54) is 10.8 Å². The molecule has 4 aromatic carbocycles. The van der Waals surface area contributed by atoms with Crippen LogP contribution >= 0.6 is 0 Å². The normalized spacial score (nSPS) is 11.7. The van der Waals surface area contributed by atoms with Crippen LogP contribution < -0.4 is 10.1 Å². The summed E-state index contributed by atoms with van der Waals surface area (Å²) in [6.07, 6.45) is 4.28. The summed E-state index contributed by atoms with van der Waals surface area (Å²) < 4.78 is 11.8. The fraction of sp³-hybridized carbons (Fsp3) is 0.156. The summed E-state index contributed by atoms with van der Waals surface area (Å²) in [5, 5.41) is 6.39. The number of amides is 1. The highest BCUT2D eigenvalue weighted by atomic mass is 16.5. The standard InChI is InChI=1S/C32H29NO3/c1-5-22-10-8-9-13-29(22)33-30(34)16-20(2)26-18-27-28(19-36-32(27)21(3)31(26)35-4)25-15-14-23-11-6-7-12-24(23)17-25/h6-19H,5H2,1-4H3,(H,33,34)/b20-16+. The van der Waals surface area contributed by atoms with E-state index in [9.17, 15) is 4.79 Å². The molecule has 180 valence electrons. The van der Waals surface area contributed by atoms with Crippen molar-refractivity contribution in [1.29, 1.82) is 0 Å². The molecule has 36 heavy (non-hydrogen) atoms. The van der Waals surface area contributed by atoms with Gasteiger partial charge in [-0.15, -0.1) is 0 Å². The number of rotatable bonds is 6. The van der Waals surface area contributed by atoms with Gasteiger partial charge in [-0.25, -0.2) is 0 Å². The number of ether oxygens (including phenoxy) is 1. The van der Waals surface area contributed by atoms with E-state index < -0.39 is 0 Å². The van der Waals surface area contributed by atoms with Gasteiger partial charge in [0, 0.05) is 33.8 Å². The van der Waals surface area contributed by atoms with Crippen LogP contribution in [0.5, 0.6) is 5.75 Å². The molecule has 0 spiro atoms. The summed E-state index contributed by atoms with van der Waals surface area (Å²) >= 11 is 0. The van der Waals surface area contributed by atoms with Gasteiger partial charge in [-0.2, -0.15) is 0 Å². The number of nitrogens with one attached hydrogen (secondary N) is 1. The van der Waals surface area contributed by atoms with E-state index in [0.717, 1.165) is 56.5 Å². The summed E-state index contributed by atoms with van der Waals surface area (Å²) in [6, 6.07) is 24.7. The van der Waals surface area contributed by atoms with Gasteiger partial charge in [0.2, 0.25) is 5.91 Å². The van der Waals surface area contributed by atoms with Gasteiger partial charge >= 0.3 is 0 Å². The topological polar surface area (TPSA) is 51.5 Å². The van der Waals surface area contributed by atoms with E-state index in [1.807, 2.05) is 50.2 Å². The van der Waals surface area contributed by atoms with Gasteiger partial charge in [0.1, 0.15) is 11.3 Å². The van der Waals surface area contributed by atoms with Gasteiger partial charge in [-0.1, -0.05) is 61.5 Å². The average molecular weight is 476 g/mol. The SMILES string of the molecule is CCc1ccccc1NC(=O)/C=C(\C)c1cc2c(-c3ccc4ccccc4c3)coc2c(C)c1OC. The number of furan rings is 1. The van der Waals surface area contributed by atoms with Crippen LogP contribution in [0.1, 0.15) is 30.5 Å². The van der Waals surface area contributed by atoms with E-state index in [-0.39, 0.29) is 5.91 Å². The van der Waals surface area contributed by atoms with Gasteiger partial charge in [-0.3, -0.25) is 4.79 Å². The number of hydrogen-bond acceptors (Lipinski definition) is 3. The Morgan fingerprint density at radius 2 is 1.75 bits per heavy atom. The lowest BCUT2D eigenvalue weighted by molar-refractivity contribution is -0.111. The molecule has 0 saturated carbocycles. The summed E-state index contributed by atoms with van der Waals surface area (Å²) in [5.74, 6) is 0.535. The summed E-state index contributed by atoms with van der Waals surface area (Å²) in [7, 11) is 1.65. The quantitative estimate of drug-likeness (QED) is 0.252. The van der Waals surface area contributed by atoms with Crippen molar-refractivity contribution in [3.63, 3.8) is 0 Å². The third-order valence-corrected chi connectivity index (χ3v) is 6.74. The molecule has 1 amide bonds. The number of allylic oxidation sites excluding steroid dienone is 1. The van der Waals surface area contributed by atoms with Crippen LogP contribution in [-0.2, 0) is 11.2 Å². The first-order valence-corrected chi connectivity index (χ1v) is 12.2. The monoisotopic (exact) mass is 475 g/mol. The number of benzene rings is 4. The molecule has 0 radical (unpaired) electrons. The van der Waals surface area contributed by atoms with Gasteiger partial charge in [0.25, 0.3) is 0 Å². The Kier molecular flexibility index (Phi) is 6.34. The van der Waals surface area contributed by atoms with Crippen molar-refractivity contribution in [2.75, 3.05) is 12.4 Å². The summed E-state index contributed by atoms with van der Waals surface area (Å²) in [5.41, 5.74) is 7.40. The van der Waals surface area contributed by atoms with E-state index in [0.29, 0.717) is 5.75 Å². The maximum absolute atomic E-state index is 12.9. The van der Waals surface area contributed by atoms with E-state index in [1.54, 1.807) is 19.4 Å². The molecule has 0 unspecified atom stereocenters. The van der Waals surface area contributed by atoms with Crippen LogP contribution in [0.4, 0.5) is 5.69 Å². The first-order chi connectivity index (χ1) is 17.5. The predicted octanol–water partition coefficient (Wildman–Crippen LogP) is 8.17. The largest absolute Gasteiger partial charge is 0.496 e. The molecule has 5 rings (SSSR count). The number of aryl methyl sites for hydroxylation is 2. The Bertz CT molecular complexity index is 1620. The molecule has 0 bridgehead atoms. The van der Waals surface area contributed by atoms with Crippen LogP contribution in [-0.4, -0.2) is 13.0 Å². The lowest BCUT2D eigenvalue weighted by atomic mass is 9.95. The maximum atomic E-state index is 12.9.